The van der Waals surface area contributed by atoms with Crippen LogP contribution in [0.3, 0.4) is 0 Å². The Bertz CT molecular complexity index is 359. The van der Waals surface area contributed by atoms with Crippen LogP contribution in [0.15, 0.2) is 22.7 Å². The third-order valence-electron chi connectivity index (χ3n) is 3.15. The van der Waals surface area contributed by atoms with Gasteiger partial charge >= 0.3 is 0 Å². The van der Waals surface area contributed by atoms with E-state index in [0.29, 0.717) is 12.1 Å². The maximum Gasteiger partial charge on any atom is 0.120 e. The lowest BCUT2D eigenvalue weighted by atomic mass is 9.94. The standard InChI is InChI=1S/C13H18BrNO/c1-9-8-12(6-7-13(9)14)16-11-4-2-10(15)3-5-11/h6-8,10-11H,2-5,15H2,1H3. The molecule has 88 valence electrons. The van der Waals surface area contributed by atoms with Gasteiger partial charge < -0.3 is 10.5 Å². The Kier molecular flexibility index (Phi) is 3.87. The van der Waals surface area contributed by atoms with Gasteiger partial charge in [0.25, 0.3) is 0 Å². The Balaban J connectivity index is 1.96. The van der Waals surface area contributed by atoms with E-state index in [9.17, 15) is 0 Å². The molecule has 1 saturated carbocycles. The monoisotopic (exact) mass is 283 g/mol. The summed E-state index contributed by atoms with van der Waals surface area (Å²) in [7, 11) is 0. The highest BCUT2D eigenvalue weighted by molar-refractivity contribution is 9.10. The molecule has 0 bridgehead atoms. The minimum absolute atomic E-state index is 0.348. The Morgan fingerprint density at radius 1 is 1.25 bits per heavy atom. The number of halogens is 1. The number of hydrogen-bond donors (Lipinski definition) is 1. The molecule has 1 aliphatic rings. The predicted octanol–water partition coefficient (Wildman–Crippen LogP) is 3.41. The smallest absolute Gasteiger partial charge is 0.120 e. The molecule has 0 spiro atoms. The van der Waals surface area contributed by atoms with Crippen molar-refractivity contribution in [2.75, 3.05) is 0 Å². The minimum Gasteiger partial charge on any atom is -0.490 e. The van der Waals surface area contributed by atoms with E-state index in [1.165, 1.54) is 5.56 Å². The van der Waals surface area contributed by atoms with Crippen molar-refractivity contribution in [3.63, 3.8) is 0 Å². The average Bonchev–Trinajstić information content (AvgIpc) is 2.27. The minimum atomic E-state index is 0.348. The lowest BCUT2D eigenvalue weighted by Gasteiger charge is -2.26. The van der Waals surface area contributed by atoms with Gasteiger partial charge in [-0.2, -0.15) is 0 Å². The molecule has 0 saturated heterocycles. The van der Waals surface area contributed by atoms with Crippen LogP contribution in [0, 0.1) is 6.92 Å². The van der Waals surface area contributed by atoms with Crippen molar-refractivity contribution in [2.24, 2.45) is 5.73 Å². The summed E-state index contributed by atoms with van der Waals surface area (Å²) in [6.07, 6.45) is 4.67. The molecular formula is C13H18BrNO. The second-order valence-electron chi connectivity index (χ2n) is 4.57. The van der Waals surface area contributed by atoms with Crippen LogP contribution >= 0.6 is 15.9 Å². The molecule has 1 aromatic carbocycles. The van der Waals surface area contributed by atoms with Gasteiger partial charge in [-0.15, -0.1) is 0 Å². The molecule has 1 fully saturated rings. The van der Waals surface area contributed by atoms with Gasteiger partial charge in [0.05, 0.1) is 6.10 Å². The fraction of sp³-hybridized carbons (Fsp3) is 0.538. The quantitative estimate of drug-likeness (QED) is 0.903. The number of ether oxygens (including phenoxy) is 1. The average molecular weight is 284 g/mol. The van der Waals surface area contributed by atoms with Crippen LogP contribution in [-0.4, -0.2) is 12.1 Å². The third-order valence-corrected chi connectivity index (χ3v) is 4.04. The first-order valence-corrected chi connectivity index (χ1v) is 6.63. The highest BCUT2D eigenvalue weighted by Gasteiger charge is 2.19. The Labute approximate surface area is 105 Å². The molecule has 0 aliphatic heterocycles. The maximum absolute atomic E-state index is 5.96. The number of benzene rings is 1. The van der Waals surface area contributed by atoms with Crippen LogP contribution in [0.25, 0.3) is 0 Å². The summed E-state index contributed by atoms with van der Waals surface area (Å²) in [6.45, 7) is 2.08. The van der Waals surface area contributed by atoms with Crippen molar-refractivity contribution in [3.05, 3.63) is 28.2 Å². The third kappa shape index (κ3) is 2.98. The molecule has 0 aromatic heterocycles. The zero-order chi connectivity index (χ0) is 11.5. The van der Waals surface area contributed by atoms with E-state index in [4.69, 9.17) is 10.5 Å². The molecule has 0 heterocycles. The molecule has 2 N–H and O–H groups in total. The van der Waals surface area contributed by atoms with E-state index in [1.807, 2.05) is 12.1 Å². The van der Waals surface area contributed by atoms with Crippen molar-refractivity contribution >= 4 is 15.9 Å². The summed E-state index contributed by atoms with van der Waals surface area (Å²) in [5.41, 5.74) is 7.09. The molecule has 0 amide bonds. The van der Waals surface area contributed by atoms with Crippen LogP contribution in [0.4, 0.5) is 0 Å². The van der Waals surface area contributed by atoms with Crippen LogP contribution < -0.4 is 10.5 Å². The van der Waals surface area contributed by atoms with Gasteiger partial charge in [0, 0.05) is 10.5 Å². The molecule has 1 aliphatic carbocycles. The fourth-order valence-corrected chi connectivity index (χ4v) is 2.34. The van der Waals surface area contributed by atoms with E-state index < -0.39 is 0 Å². The van der Waals surface area contributed by atoms with Gasteiger partial charge in [-0.1, -0.05) is 15.9 Å². The summed E-state index contributed by atoms with van der Waals surface area (Å²) in [5, 5.41) is 0. The normalized spacial score (nSPS) is 25.4. The molecule has 2 nitrogen and oxygen atoms in total. The van der Waals surface area contributed by atoms with Crippen molar-refractivity contribution in [1.82, 2.24) is 0 Å². The first-order chi connectivity index (χ1) is 7.65. The van der Waals surface area contributed by atoms with Crippen molar-refractivity contribution in [2.45, 2.75) is 44.8 Å². The number of nitrogens with two attached hydrogens (primary N) is 1. The second kappa shape index (κ2) is 5.19. The predicted molar refractivity (Wildman–Crippen MR) is 69.7 cm³/mol. The van der Waals surface area contributed by atoms with E-state index in [2.05, 4.69) is 28.9 Å². The van der Waals surface area contributed by atoms with E-state index in [0.717, 1.165) is 35.9 Å². The first kappa shape index (κ1) is 11.9. The highest BCUT2D eigenvalue weighted by atomic mass is 79.9. The lowest BCUT2D eigenvalue weighted by Crippen LogP contribution is -2.31. The summed E-state index contributed by atoms with van der Waals surface area (Å²) in [4.78, 5) is 0. The first-order valence-electron chi connectivity index (χ1n) is 5.83. The van der Waals surface area contributed by atoms with E-state index in [-0.39, 0.29) is 0 Å². The topological polar surface area (TPSA) is 35.2 Å². The maximum atomic E-state index is 5.96. The Hall–Kier alpha value is -0.540. The zero-order valence-electron chi connectivity index (χ0n) is 9.58. The molecule has 0 atom stereocenters. The Morgan fingerprint density at radius 3 is 2.56 bits per heavy atom. The molecule has 2 rings (SSSR count). The van der Waals surface area contributed by atoms with E-state index in [1.54, 1.807) is 0 Å². The van der Waals surface area contributed by atoms with Crippen molar-refractivity contribution in [1.29, 1.82) is 0 Å². The summed E-state index contributed by atoms with van der Waals surface area (Å²) >= 11 is 3.49. The van der Waals surface area contributed by atoms with E-state index >= 15 is 0 Å². The van der Waals surface area contributed by atoms with Gasteiger partial charge in [-0.3, -0.25) is 0 Å². The molecule has 0 radical (unpaired) electrons. The zero-order valence-corrected chi connectivity index (χ0v) is 11.2. The summed E-state index contributed by atoms with van der Waals surface area (Å²) in [6, 6.07) is 6.52. The van der Waals surface area contributed by atoms with Gasteiger partial charge in [-0.05, 0) is 56.4 Å². The van der Waals surface area contributed by atoms with Gasteiger partial charge in [0.1, 0.15) is 5.75 Å². The van der Waals surface area contributed by atoms with Crippen LogP contribution in [-0.2, 0) is 0 Å². The largest absolute Gasteiger partial charge is 0.490 e. The lowest BCUT2D eigenvalue weighted by molar-refractivity contribution is 0.147. The molecular weight excluding hydrogens is 266 g/mol. The van der Waals surface area contributed by atoms with Gasteiger partial charge in [-0.25, -0.2) is 0 Å². The molecule has 0 unspecified atom stereocenters. The molecule has 1 aromatic rings. The van der Waals surface area contributed by atoms with Crippen LogP contribution in [0.2, 0.25) is 0 Å². The number of rotatable bonds is 2. The fourth-order valence-electron chi connectivity index (χ4n) is 2.09. The summed E-state index contributed by atoms with van der Waals surface area (Å²) in [5.74, 6) is 0.973. The highest BCUT2D eigenvalue weighted by Crippen LogP contribution is 2.26. The molecule has 16 heavy (non-hydrogen) atoms. The van der Waals surface area contributed by atoms with Crippen molar-refractivity contribution < 1.29 is 4.74 Å². The number of aryl methyl sites for hydroxylation is 1. The molecule has 3 heteroatoms. The number of hydrogen-bond acceptors (Lipinski definition) is 2. The SMILES string of the molecule is Cc1cc(OC2CCC(N)CC2)ccc1Br. The van der Waals surface area contributed by atoms with Gasteiger partial charge in [0.15, 0.2) is 0 Å². The summed E-state index contributed by atoms with van der Waals surface area (Å²) < 4.78 is 7.09. The second-order valence-corrected chi connectivity index (χ2v) is 5.42. The van der Waals surface area contributed by atoms with Crippen LogP contribution in [0.5, 0.6) is 5.75 Å². The van der Waals surface area contributed by atoms with Gasteiger partial charge in [0.2, 0.25) is 0 Å². The Morgan fingerprint density at radius 2 is 1.94 bits per heavy atom. The van der Waals surface area contributed by atoms with Crippen LogP contribution in [0.1, 0.15) is 31.2 Å². The van der Waals surface area contributed by atoms with Crippen molar-refractivity contribution in [3.8, 4) is 5.75 Å².